The fourth-order valence-electron chi connectivity index (χ4n) is 3.94. The molecule has 9 heteroatoms. The number of aromatic nitrogens is 2. The van der Waals surface area contributed by atoms with Crippen LogP contribution < -0.4 is 11.4 Å². The maximum Gasteiger partial charge on any atom is 0.329 e. The SMILES string of the molecule is CN1CCC(OCC#Cc2cccc3c2n(C)c(=O)n3C(CCC(=O)O)C(N)=O)CC1. The number of aryl methyl sites for hydroxylation is 1. The number of nitrogens with two attached hydrogens (primary N) is 1. The molecule has 1 unspecified atom stereocenters. The first kappa shape index (κ1) is 22.6. The lowest BCUT2D eigenvalue weighted by molar-refractivity contribution is -0.137. The number of benzene rings is 1. The zero-order valence-corrected chi connectivity index (χ0v) is 17.8. The number of imidazole rings is 1. The number of carboxylic acids is 1. The van der Waals surface area contributed by atoms with Gasteiger partial charge in [-0.2, -0.15) is 0 Å². The Hall–Kier alpha value is -3.09. The van der Waals surface area contributed by atoms with Gasteiger partial charge in [-0.3, -0.25) is 18.7 Å². The molecule has 31 heavy (non-hydrogen) atoms. The molecule has 1 amide bonds. The molecule has 0 aliphatic carbocycles. The van der Waals surface area contributed by atoms with Crippen LogP contribution in [0.25, 0.3) is 11.0 Å². The van der Waals surface area contributed by atoms with Crippen molar-refractivity contribution in [2.24, 2.45) is 12.8 Å². The van der Waals surface area contributed by atoms with E-state index in [2.05, 4.69) is 23.8 Å². The van der Waals surface area contributed by atoms with Crippen LogP contribution in [0.5, 0.6) is 0 Å². The molecule has 2 heterocycles. The number of carbonyl (C=O) groups is 2. The number of carboxylic acid groups (broad SMARTS) is 1. The van der Waals surface area contributed by atoms with Gasteiger partial charge in [-0.25, -0.2) is 4.79 Å². The average molecular weight is 428 g/mol. The first-order valence-corrected chi connectivity index (χ1v) is 10.3. The number of likely N-dealkylation sites (tertiary alicyclic amines) is 1. The van der Waals surface area contributed by atoms with Crippen molar-refractivity contribution in [1.29, 1.82) is 0 Å². The average Bonchev–Trinajstić information content (AvgIpc) is 2.98. The zero-order chi connectivity index (χ0) is 22.5. The van der Waals surface area contributed by atoms with Gasteiger partial charge in [0, 0.05) is 26.6 Å². The number of ether oxygens (including phenoxy) is 1. The number of rotatable bonds is 7. The van der Waals surface area contributed by atoms with Gasteiger partial charge in [-0.1, -0.05) is 17.9 Å². The van der Waals surface area contributed by atoms with Gasteiger partial charge in [0.25, 0.3) is 0 Å². The van der Waals surface area contributed by atoms with Crippen LogP contribution in [0, 0.1) is 11.8 Å². The number of hydrogen-bond acceptors (Lipinski definition) is 5. The third kappa shape index (κ3) is 5.16. The maximum atomic E-state index is 12.9. The summed E-state index contributed by atoms with van der Waals surface area (Å²) >= 11 is 0. The minimum atomic E-state index is -1.06. The molecule has 9 nitrogen and oxygen atoms in total. The van der Waals surface area contributed by atoms with E-state index in [-0.39, 0.29) is 18.9 Å². The molecular weight excluding hydrogens is 400 g/mol. The van der Waals surface area contributed by atoms with Gasteiger partial charge in [-0.05, 0) is 38.4 Å². The number of hydrogen-bond donors (Lipinski definition) is 2. The molecular formula is C22H28N4O5. The Labute approximate surface area is 180 Å². The highest BCUT2D eigenvalue weighted by Gasteiger charge is 2.25. The number of fused-ring (bicyclic) bond motifs is 1. The highest BCUT2D eigenvalue weighted by atomic mass is 16.5. The summed E-state index contributed by atoms with van der Waals surface area (Å²) < 4.78 is 8.53. The number of primary amides is 1. The smallest absolute Gasteiger partial charge is 0.329 e. The lowest BCUT2D eigenvalue weighted by atomic mass is 10.1. The molecule has 0 spiro atoms. The van der Waals surface area contributed by atoms with Gasteiger partial charge in [-0.15, -0.1) is 0 Å². The minimum absolute atomic E-state index is 0.0655. The van der Waals surface area contributed by atoms with E-state index in [9.17, 15) is 14.4 Å². The van der Waals surface area contributed by atoms with Crippen LogP contribution >= 0.6 is 0 Å². The molecule has 0 bridgehead atoms. The summed E-state index contributed by atoms with van der Waals surface area (Å²) in [7, 11) is 3.69. The summed E-state index contributed by atoms with van der Waals surface area (Å²) in [6, 6.07) is 4.19. The van der Waals surface area contributed by atoms with E-state index in [1.165, 1.54) is 9.13 Å². The van der Waals surface area contributed by atoms with Crippen LogP contribution in [0.2, 0.25) is 0 Å². The molecule has 3 rings (SSSR count). The Balaban J connectivity index is 1.87. The van der Waals surface area contributed by atoms with Crippen molar-refractivity contribution >= 4 is 22.9 Å². The third-order valence-electron chi connectivity index (χ3n) is 5.65. The molecule has 1 fully saturated rings. The molecule has 1 aromatic carbocycles. The van der Waals surface area contributed by atoms with Gasteiger partial charge >= 0.3 is 11.7 Å². The van der Waals surface area contributed by atoms with E-state index < -0.39 is 23.6 Å². The van der Waals surface area contributed by atoms with Crippen molar-refractivity contribution in [2.45, 2.75) is 37.8 Å². The molecule has 1 atom stereocenters. The van der Waals surface area contributed by atoms with Gasteiger partial charge in [0.05, 0.1) is 22.7 Å². The van der Waals surface area contributed by atoms with Crippen molar-refractivity contribution in [1.82, 2.24) is 14.0 Å². The molecule has 3 N–H and O–H groups in total. The molecule has 1 aliphatic rings. The predicted molar refractivity (Wildman–Crippen MR) is 116 cm³/mol. The Morgan fingerprint density at radius 2 is 2.00 bits per heavy atom. The Morgan fingerprint density at radius 3 is 2.65 bits per heavy atom. The monoisotopic (exact) mass is 428 g/mol. The highest BCUT2D eigenvalue weighted by Crippen LogP contribution is 2.22. The Kier molecular flexibility index (Phi) is 7.15. The van der Waals surface area contributed by atoms with Crippen LogP contribution in [0.3, 0.4) is 0 Å². The lowest BCUT2D eigenvalue weighted by Crippen LogP contribution is -2.34. The second-order valence-corrected chi connectivity index (χ2v) is 7.85. The summed E-state index contributed by atoms with van der Waals surface area (Å²) in [5.74, 6) is 4.28. The minimum Gasteiger partial charge on any atom is -0.481 e. The lowest BCUT2D eigenvalue weighted by Gasteiger charge is -2.28. The van der Waals surface area contributed by atoms with Crippen LogP contribution in [-0.4, -0.2) is 63.9 Å². The number of aliphatic carboxylic acids is 1. The molecule has 0 saturated carbocycles. The molecule has 0 radical (unpaired) electrons. The summed E-state index contributed by atoms with van der Waals surface area (Å²) in [6.45, 7) is 2.31. The zero-order valence-electron chi connectivity index (χ0n) is 17.8. The van der Waals surface area contributed by atoms with E-state index in [4.69, 9.17) is 15.6 Å². The van der Waals surface area contributed by atoms with Crippen LogP contribution in [0.15, 0.2) is 23.0 Å². The number of piperidine rings is 1. The second-order valence-electron chi connectivity index (χ2n) is 7.85. The fourth-order valence-corrected chi connectivity index (χ4v) is 3.94. The first-order valence-electron chi connectivity index (χ1n) is 10.3. The van der Waals surface area contributed by atoms with Crippen molar-refractivity contribution in [2.75, 3.05) is 26.7 Å². The van der Waals surface area contributed by atoms with Crippen LogP contribution in [-0.2, 0) is 21.4 Å². The van der Waals surface area contributed by atoms with Gasteiger partial charge in [0.2, 0.25) is 5.91 Å². The quantitative estimate of drug-likeness (QED) is 0.627. The normalized spacial score (nSPS) is 16.1. The van der Waals surface area contributed by atoms with E-state index in [0.29, 0.717) is 23.2 Å². The van der Waals surface area contributed by atoms with Crippen molar-refractivity contribution < 1.29 is 19.4 Å². The number of carbonyl (C=O) groups excluding carboxylic acids is 1. The number of para-hydroxylation sites is 1. The van der Waals surface area contributed by atoms with E-state index in [0.717, 1.165) is 25.9 Å². The van der Waals surface area contributed by atoms with E-state index in [1.807, 2.05) is 0 Å². The predicted octanol–water partition coefficient (Wildman–Crippen LogP) is 0.694. The van der Waals surface area contributed by atoms with Crippen LogP contribution in [0.4, 0.5) is 0 Å². The van der Waals surface area contributed by atoms with Gasteiger partial charge in [0.1, 0.15) is 12.6 Å². The molecule has 1 saturated heterocycles. The number of amides is 1. The molecule has 166 valence electrons. The maximum absolute atomic E-state index is 12.9. The number of nitrogens with zero attached hydrogens (tertiary/aromatic N) is 3. The first-order chi connectivity index (χ1) is 14.8. The van der Waals surface area contributed by atoms with Crippen molar-refractivity contribution in [3.05, 3.63) is 34.2 Å². The third-order valence-corrected chi connectivity index (χ3v) is 5.65. The molecule has 1 aromatic heterocycles. The van der Waals surface area contributed by atoms with Crippen LogP contribution in [0.1, 0.15) is 37.3 Å². The standard InChI is InChI=1S/C22H28N4O5/c1-24-12-10-16(11-13-24)31-14-4-6-15-5-3-7-17-20(15)25(2)22(30)26(17)18(21(23)29)8-9-19(27)28/h3,5,7,16,18H,8-14H2,1-2H3,(H2,23,29)(H,27,28). The molecule has 2 aromatic rings. The van der Waals surface area contributed by atoms with E-state index in [1.54, 1.807) is 25.2 Å². The van der Waals surface area contributed by atoms with Crippen molar-refractivity contribution in [3.8, 4) is 11.8 Å². The largest absolute Gasteiger partial charge is 0.481 e. The van der Waals surface area contributed by atoms with Gasteiger partial charge < -0.3 is 20.5 Å². The van der Waals surface area contributed by atoms with Gasteiger partial charge in [0.15, 0.2) is 0 Å². The van der Waals surface area contributed by atoms with E-state index >= 15 is 0 Å². The summed E-state index contributed by atoms with van der Waals surface area (Å²) in [6.07, 6.45) is 1.83. The topological polar surface area (TPSA) is 120 Å². The Bertz CT molecular complexity index is 1080. The summed E-state index contributed by atoms with van der Waals surface area (Å²) in [5.41, 5.74) is 6.74. The summed E-state index contributed by atoms with van der Waals surface area (Å²) in [5, 5.41) is 8.97. The summed E-state index contributed by atoms with van der Waals surface area (Å²) in [4.78, 5) is 38.1. The highest BCUT2D eigenvalue weighted by molar-refractivity contribution is 5.86. The fraction of sp³-hybridized carbons (Fsp3) is 0.500. The second kappa shape index (κ2) is 9.81. The molecule has 1 aliphatic heterocycles. The van der Waals surface area contributed by atoms with Crippen molar-refractivity contribution in [3.63, 3.8) is 0 Å². The Morgan fingerprint density at radius 1 is 1.29 bits per heavy atom.